The van der Waals surface area contributed by atoms with Crippen LogP contribution < -0.4 is 10.1 Å². The third-order valence-corrected chi connectivity index (χ3v) is 3.29. The summed E-state index contributed by atoms with van der Waals surface area (Å²) in [5, 5.41) is 13.7. The lowest BCUT2D eigenvalue weighted by atomic mass is 10.1. The first kappa shape index (κ1) is 15.5. The molecule has 0 aliphatic carbocycles. The number of benzene rings is 2. The van der Waals surface area contributed by atoms with Crippen molar-refractivity contribution in [2.24, 2.45) is 0 Å². The molecule has 2 rings (SSSR count). The van der Waals surface area contributed by atoms with Crippen molar-refractivity contribution in [3.8, 4) is 5.75 Å². The largest absolute Gasteiger partial charge is 0.496 e. The molecule has 0 heterocycles. The fourth-order valence-corrected chi connectivity index (χ4v) is 2.09. The van der Waals surface area contributed by atoms with E-state index in [1.54, 1.807) is 0 Å². The van der Waals surface area contributed by atoms with Gasteiger partial charge in [-0.05, 0) is 18.6 Å². The minimum atomic E-state index is -0.545. The van der Waals surface area contributed by atoms with Gasteiger partial charge in [-0.25, -0.2) is 0 Å². The fraction of sp³-hybridized carbons (Fsp3) is 0.188. The number of hydrogen-bond acceptors (Lipinski definition) is 4. The molecule has 114 valence electrons. The van der Waals surface area contributed by atoms with Crippen molar-refractivity contribution in [3.05, 3.63) is 69.8 Å². The molecule has 0 aliphatic rings. The van der Waals surface area contributed by atoms with Gasteiger partial charge in [0.25, 0.3) is 11.6 Å². The molecule has 1 atom stereocenters. The average molecular weight is 300 g/mol. The van der Waals surface area contributed by atoms with Crippen LogP contribution in [0, 0.1) is 10.1 Å². The van der Waals surface area contributed by atoms with Crippen molar-refractivity contribution >= 4 is 11.6 Å². The van der Waals surface area contributed by atoms with E-state index >= 15 is 0 Å². The normalized spacial score (nSPS) is 11.5. The van der Waals surface area contributed by atoms with Gasteiger partial charge in [-0.3, -0.25) is 14.9 Å². The van der Waals surface area contributed by atoms with Gasteiger partial charge in [-0.2, -0.15) is 0 Å². The minimum Gasteiger partial charge on any atom is -0.496 e. The number of amides is 1. The van der Waals surface area contributed by atoms with Crippen molar-refractivity contribution in [3.63, 3.8) is 0 Å². The number of methoxy groups -OCH3 is 1. The topological polar surface area (TPSA) is 81.5 Å². The van der Waals surface area contributed by atoms with E-state index in [0.29, 0.717) is 5.75 Å². The molecule has 2 aromatic rings. The van der Waals surface area contributed by atoms with Gasteiger partial charge in [0.15, 0.2) is 0 Å². The number of rotatable bonds is 5. The summed E-state index contributed by atoms with van der Waals surface area (Å²) in [5.41, 5.74) is 0.929. The fourth-order valence-electron chi connectivity index (χ4n) is 2.09. The Morgan fingerprint density at radius 2 is 1.91 bits per heavy atom. The summed E-state index contributed by atoms with van der Waals surface area (Å²) in [7, 11) is 1.42. The standard InChI is InChI=1S/C16H16N2O4/c1-11(12-6-4-3-5-7-12)17-16(19)14-10-13(18(20)21)8-9-15(14)22-2/h3-11H,1-2H3,(H,17,19). The summed E-state index contributed by atoms with van der Waals surface area (Å²) in [5.74, 6) is -0.125. The maximum atomic E-state index is 12.4. The van der Waals surface area contributed by atoms with E-state index < -0.39 is 10.8 Å². The Morgan fingerprint density at radius 1 is 1.23 bits per heavy atom. The second-order valence-electron chi connectivity index (χ2n) is 4.75. The van der Waals surface area contributed by atoms with Crippen LogP contribution in [-0.4, -0.2) is 17.9 Å². The van der Waals surface area contributed by atoms with E-state index in [1.165, 1.54) is 25.3 Å². The monoisotopic (exact) mass is 300 g/mol. The number of ether oxygens (including phenoxy) is 1. The first-order valence-electron chi connectivity index (χ1n) is 6.71. The zero-order chi connectivity index (χ0) is 16.1. The van der Waals surface area contributed by atoms with Crippen LogP contribution in [0.1, 0.15) is 28.9 Å². The average Bonchev–Trinajstić information content (AvgIpc) is 2.54. The van der Waals surface area contributed by atoms with E-state index in [1.807, 2.05) is 37.3 Å². The molecule has 0 radical (unpaired) electrons. The zero-order valence-electron chi connectivity index (χ0n) is 12.3. The summed E-state index contributed by atoms with van der Waals surface area (Å²) in [6.45, 7) is 1.84. The molecule has 0 aromatic heterocycles. The summed E-state index contributed by atoms with van der Waals surface area (Å²) in [4.78, 5) is 22.7. The summed E-state index contributed by atoms with van der Waals surface area (Å²) in [6, 6.07) is 13.2. The number of non-ortho nitro benzene ring substituents is 1. The molecule has 0 bridgehead atoms. The Bertz CT molecular complexity index is 686. The Hall–Kier alpha value is -2.89. The van der Waals surface area contributed by atoms with Crippen LogP contribution in [-0.2, 0) is 0 Å². The van der Waals surface area contributed by atoms with Gasteiger partial charge in [0, 0.05) is 12.1 Å². The Labute approximate surface area is 127 Å². The highest BCUT2D eigenvalue weighted by Gasteiger charge is 2.19. The first-order chi connectivity index (χ1) is 10.5. The molecule has 0 spiro atoms. The second-order valence-corrected chi connectivity index (χ2v) is 4.75. The highest BCUT2D eigenvalue weighted by atomic mass is 16.6. The lowest BCUT2D eigenvalue weighted by molar-refractivity contribution is -0.384. The van der Waals surface area contributed by atoms with Gasteiger partial charge < -0.3 is 10.1 Å². The van der Waals surface area contributed by atoms with Crippen molar-refractivity contribution in [1.29, 1.82) is 0 Å². The molecular weight excluding hydrogens is 284 g/mol. The first-order valence-corrected chi connectivity index (χ1v) is 6.71. The van der Waals surface area contributed by atoms with Crippen molar-refractivity contribution in [1.82, 2.24) is 5.32 Å². The number of nitrogens with zero attached hydrogens (tertiary/aromatic N) is 1. The Morgan fingerprint density at radius 3 is 2.50 bits per heavy atom. The molecule has 22 heavy (non-hydrogen) atoms. The number of carbonyl (C=O) groups is 1. The predicted octanol–water partition coefficient (Wildman–Crippen LogP) is 3.09. The molecular formula is C16H16N2O4. The van der Waals surface area contributed by atoms with Gasteiger partial charge in [-0.15, -0.1) is 0 Å². The lowest BCUT2D eigenvalue weighted by Crippen LogP contribution is -2.27. The zero-order valence-corrected chi connectivity index (χ0v) is 12.3. The van der Waals surface area contributed by atoms with E-state index in [0.717, 1.165) is 5.56 Å². The van der Waals surface area contributed by atoms with Crippen LogP contribution in [0.5, 0.6) is 5.75 Å². The molecule has 1 N–H and O–H groups in total. The SMILES string of the molecule is COc1ccc([N+](=O)[O-])cc1C(=O)NC(C)c1ccccc1. The molecule has 0 saturated carbocycles. The molecule has 6 nitrogen and oxygen atoms in total. The third kappa shape index (κ3) is 3.41. The molecule has 0 fully saturated rings. The van der Waals surface area contributed by atoms with Crippen LogP contribution in [0.3, 0.4) is 0 Å². The molecule has 1 amide bonds. The maximum absolute atomic E-state index is 12.4. The molecule has 6 heteroatoms. The number of carbonyl (C=O) groups excluding carboxylic acids is 1. The molecule has 2 aromatic carbocycles. The van der Waals surface area contributed by atoms with Crippen LogP contribution in [0.25, 0.3) is 0 Å². The van der Waals surface area contributed by atoms with Gasteiger partial charge >= 0.3 is 0 Å². The number of nitro benzene ring substituents is 1. The summed E-state index contributed by atoms with van der Waals surface area (Å²) in [6.07, 6.45) is 0. The second kappa shape index (κ2) is 6.71. The molecule has 0 aliphatic heterocycles. The molecule has 1 unspecified atom stereocenters. The van der Waals surface area contributed by atoms with Gasteiger partial charge in [-0.1, -0.05) is 30.3 Å². The highest BCUT2D eigenvalue weighted by Crippen LogP contribution is 2.24. The van der Waals surface area contributed by atoms with Crippen LogP contribution in [0.15, 0.2) is 48.5 Å². The van der Waals surface area contributed by atoms with Crippen LogP contribution in [0.2, 0.25) is 0 Å². The van der Waals surface area contributed by atoms with Gasteiger partial charge in [0.1, 0.15) is 5.75 Å². The van der Waals surface area contributed by atoms with Crippen LogP contribution in [0.4, 0.5) is 5.69 Å². The van der Waals surface area contributed by atoms with E-state index in [-0.39, 0.29) is 17.3 Å². The lowest BCUT2D eigenvalue weighted by Gasteiger charge is -2.15. The highest BCUT2D eigenvalue weighted by molar-refractivity contribution is 5.97. The van der Waals surface area contributed by atoms with Crippen LogP contribution >= 0.6 is 0 Å². The van der Waals surface area contributed by atoms with E-state index in [2.05, 4.69) is 5.32 Å². The number of hydrogen-bond donors (Lipinski definition) is 1. The molecule has 0 saturated heterocycles. The Balaban J connectivity index is 2.25. The number of nitrogens with one attached hydrogen (secondary N) is 1. The third-order valence-electron chi connectivity index (χ3n) is 3.29. The quantitative estimate of drug-likeness (QED) is 0.679. The van der Waals surface area contributed by atoms with Gasteiger partial charge in [0.2, 0.25) is 0 Å². The van der Waals surface area contributed by atoms with Crippen molar-refractivity contribution in [2.75, 3.05) is 7.11 Å². The number of nitro groups is 1. The van der Waals surface area contributed by atoms with Crippen molar-refractivity contribution in [2.45, 2.75) is 13.0 Å². The summed E-state index contributed by atoms with van der Waals surface area (Å²) < 4.78 is 5.11. The smallest absolute Gasteiger partial charge is 0.270 e. The van der Waals surface area contributed by atoms with E-state index in [9.17, 15) is 14.9 Å². The van der Waals surface area contributed by atoms with E-state index in [4.69, 9.17) is 4.74 Å². The predicted molar refractivity (Wildman–Crippen MR) is 82.0 cm³/mol. The minimum absolute atomic E-state index is 0.138. The summed E-state index contributed by atoms with van der Waals surface area (Å²) >= 11 is 0. The maximum Gasteiger partial charge on any atom is 0.270 e. The van der Waals surface area contributed by atoms with Gasteiger partial charge in [0.05, 0.1) is 23.6 Å². The Kier molecular flexibility index (Phi) is 4.73. The van der Waals surface area contributed by atoms with Crippen molar-refractivity contribution < 1.29 is 14.5 Å².